The van der Waals surface area contributed by atoms with E-state index in [1.165, 1.54) is 19.3 Å². The van der Waals surface area contributed by atoms with Crippen LogP contribution in [0.2, 0.25) is 0 Å². The average molecular weight is 290 g/mol. The fraction of sp³-hybridized carbons (Fsp3) is 0.765. The number of carbonyl (C=O) groups is 2. The van der Waals surface area contributed by atoms with Crippen molar-refractivity contribution in [2.75, 3.05) is 6.54 Å². The first-order valence-corrected chi connectivity index (χ1v) is 8.32. The average Bonchev–Trinajstić information content (AvgIpc) is 3.31. The summed E-state index contributed by atoms with van der Waals surface area (Å²) in [5.41, 5.74) is -0.689. The molecule has 4 heteroatoms. The zero-order valence-electron chi connectivity index (χ0n) is 12.9. The summed E-state index contributed by atoms with van der Waals surface area (Å²) in [7, 11) is 0. The lowest BCUT2D eigenvalue weighted by Crippen LogP contribution is -2.71. The Balaban J connectivity index is 1.86. The normalized spacial score (nSPS) is 34.7. The Hall–Kier alpha value is -1.32. The molecule has 3 aliphatic rings. The third kappa shape index (κ3) is 2.49. The summed E-state index contributed by atoms with van der Waals surface area (Å²) in [6, 6.07) is -0.289. The summed E-state index contributed by atoms with van der Waals surface area (Å²) in [4.78, 5) is 27.5. The zero-order chi connectivity index (χ0) is 15.0. The molecule has 2 unspecified atom stereocenters. The van der Waals surface area contributed by atoms with Gasteiger partial charge < -0.3 is 10.2 Å². The molecule has 4 nitrogen and oxygen atoms in total. The number of carbonyl (C=O) groups excluding carboxylic acids is 2. The molecule has 1 saturated heterocycles. The number of nitrogens with one attached hydrogen (secondary N) is 1. The van der Waals surface area contributed by atoms with E-state index in [2.05, 4.69) is 11.9 Å². The topological polar surface area (TPSA) is 49.4 Å². The van der Waals surface area contributed by atoms with Gasteiger partial charge in [0.2, 0.25) is 11.8 Å². The standard InChI is InChI=1S/C17H26N2O2/c1-3-11-19-14(12-7-5-4-6-8-12)15(20)18-17(2,16(19)21)13-9-10-13/h3,12-14H,1,4-11H2,2H3,(H,18,20). The second kappa shape index (κ2) is 5.47. The van der Waals surface area contributed by atoms with Crippen molar-refractivity contribution >= 4 is 11.8 Å². The lowest BCUT2D eigenvalue weighted by molar-refractivity contribution is -0.157. The number of hydrogen-bond acceptors (Lipinski definition) is 2. The molecule has 21 heavy (non-hydrogen) atoms. The molecule has 116 valence electrons. The Bertz CT molecular complexity index is 452. The van der Waals surface area contributed by atoms with Crippen LogP contribution in [0.4, 0.5) is 0 Å². The second-order valence-electron chi connectivity index (χ2n) is 7.05. The maximum absolute atomic E-state index is 13.0. The van der Waals surface area contributed by atoms with Crippen molar-refractivity contribution in [3.8, 4) is 0 Å². The van der Waals surface area contributed by atoms with Gasteiger partial charge in [0, 0.05) is 6.54 Å². The second-order valence-corrected chi connectivity index (χ2v) is 7.05. The number of amides is 2. The SMILES string of the molecule is C=CCN1C(=O)C(C)(C2CC2)NC(=O)C1C1CCCCC1. The molecular weight excluding hydrogens is 264 g/mol. The highest BCUT2D eigenvalue weighted by atomic mass is 16.2. The first-order chi connectivity index (χ1) is 10.1. The number of nitrogens with zero attached hydrogens (tertiary/aromatic N) is 1. The highest BCUT2D eigenvalue weighted by molar-refractivity contribution is 6.00. The van der Waals surface area contributed by atoms with Crippen LogP contribution >= 0.6 is 0 Å². The minimum absolute atomic E-state index is 0.0535. The minimum Gasteiger partial charge on any atom is -0.340 e. The van der Waals surface area contributed by atoms with E-state index in [0.29, 0.717) is 18.4 Å². The first kappa shape index (κ1) is 14.6. The summed E-state index contributed by atoms with van der Waals surface area (Å²) in [5, 5.41) is 3.08. The molecule has 0 aromatic rings. The van der Waals surface area contributed by atoms with Gasteiger partial charge in [0.1, 0.15) is 11.6 Å². The highest BCUT2D eigenvalue weighted by Crippen LogP contribution is 2.43. The molecule has 0 spiro atoms. The van der Waals surface area contributed by atoms with Crippen molar-refractivity contribution < 1.29 is 9.59 Å². The van der Waals surface area contributed by atoms with Crippen LogP contribution in [0, 0.1) is 11.8 Å². The summed E-state index contributed by atoms with van der Waals surface area (Å²) in [6.45, 7) is 6.16. The maximum Gasteiger partial charge on any atom is 0.249 e. The Morgan fingerprint density at radius 2 is 1.90 bits per heavy atom. The molecule has 2 aliphatic carbocycles. The van der Waals surface area contributed by atoms with E-state index in [9.17, 15) is 9.59 Å². The van der Waals surface area contributed by atoms with Crippen molar-refractivity contribution in [3.05, 3.63) is 12.7 Å². The fourth-order valence-corrected chi connectivity index (χ4v) is 4.14. The smallest absolute Gasteiger partial charge is 0.249 e. The van der Waals surface area contributed by atoms with Crippen LogP contribution < -0.4 is 5.32 Å². The molecule has 0 radical (unpaired) electrons. The van der Waals surface area contributed by atoms with Crippen LogP contribution in [0.25, 0.3) is 0 Å². The minimum atomic E-state index is -0.689. The molecule has 0 aromatic carbocycles. The summed E-state index contributed by atoms with van der Waals surface area (Å²) < 4.78 is 0. The van der Waals surface area contributed by atoms with E-state index in [1.54, 1.807) is 11.0 Å². The Labute approximate surface area is 127 Å². The Kier molecular flexibility index (Phi) is 3.80. The van der Waals surface area contributed by atoms with Gasteiger partial charge in [-0.1, -0.05) is 25.3 Å². The molecule has 1 N–H and O–H groups in total. The summed E-state index contributed by atoms with van der Waals surface area (Å²) in [5.74, 6) is 0.776. The Morgan fingerprint density at radius 1 is 1.24 bits per heavy atom. The van der Waals surface area contributed by atoms with E-state index in [4.69, 9.17) is 0 Å². The molecule has 0 bridgehead atoms. The van der Waals surface area contributed by atoms with E-state index in [0.717, 1.165) is 25.7 Å². The van der Waals surface area contributed by atoms with Crippen molar-refractivity contribution in [1.82, 2.24) is 10.2 Å². The van der Waals surface area contributed by atoms with Gasteiger partial charge in [-0.15, -0.1) is 6.58 Å². The van der Waals surface area contributed by atoms with Crippen LogP contribution in [-0.4, -0.2) is 34.8 Å². The van der Waals surface area contributed by atoms with Crippen LogP contribution in [-0.2, 0) is 9.59 Å². The van der Waals surface area contributed by atoms with Crippen molar-refractivity contribution in [2.24, 2.45) is 11.8 Å². The summed E-state index contributed by atoms with van der Waals surface area (Å²) in [6.07, 6.45) is 9.53. The van der Waals surface area contributed by atoms with Crippen LogP contribution in [0.5, 0.6) is 0 Å². The molecular formula is C17H26N2O2. The predicted molar refractivity (Wildman–Crippen MR) is 81.5 cm³/mol. The van der Waals surface area contributed by atoms with Gasteiger partial charge in [0.15, 0.2) is 0 Å². The van der Waals surface area contributed by atoms with Gasteiger partial charge in [-0.25, -0.2) is 0 Å². The first-order valence-electron chi connectivity index (χ1n) is 8.32. The molecule has 1 aliphatic heterocycles. The maximum atomic E-state index is 13.0. The molecule has 3 fully saturated rings. The van der Waals surface area contributed by atoms with Crippen molar-refractivity contribution in [1.29, 1.82) is 0 Å². The van der Waals surface area contributed by atoms with E-state index in [-0.39, 0.29) is 17.9 Å². The van der Waals surface area contributed by atoms with E-state index in [1.807, 2.05) is 6.92 Å². The molecule has 2 saturated carbocycles. The van der Waals surface area contributed by atoms with Gasteiger partial charge >= 0.3 is 0 Å². The molecule has 2 atom stereocenters. The van der Waals surface area contributed by atoms with Crippen molar-refractivity contribution in [3.63, 3.8) is 0 Å². The molecule has 3 rings (SSSR count). The number of rotatable bonds is 4. The lowest BCUT2D eigenvalue weighted by Gasteiger charge is -2.47. The van der Waals surface area contributed by atoms with E-state index < -0.39 is 5.54 Å². The fourth-order valence-electron chi connectivity index (χ4n) is 4.14. The third-order valence-corrected chi connectivity index (χ3v) is 5.51. The van der Waals surface area contributed by atoms with Crippen molar-refractivity contribution in [2.45, 2.75) is 63.5 Å². The highest BCUT2D eigenvalue weighted by Gasteiger charge is 2.56. The molecule has 2 amide bonds. The van der Waals surface area contributed by atoms with Gasteiger partial charge in [0.05, 0.1) is 0 Å². The van der Waals surface area contributed by atoms with Gasteiger partial charge in [0.25, 0.3) is 0 Å². The van der Waals surface area contributed by atoms with Crippen LogP contribution in [0.1, 0.15) is 51.9 Å². The third-order valence-electron chi connectivity index (χ3n) is 5.51. The van der Waals surface area contributed by atoms with Crippen LogP contribution in [0.15, 0.2) is 12.7 Å². The Morgan fingerprint density at radius 3 is 2.48 bits per heavy atom. The van der Waals surface area contributed by atoms with Gasteiger partial charge in [-0.3, -0.25) is 9.59 Å². The lowest BCUT2D eigenvalue weighted by atomic mass is 9.79. The molecule has 0 aromatic heterocycles. The largest absolute Gasteiger partial charge is 0.340 e. The van der Waals surface area contributed by atoms with E-state index >= 15 is 0 Å². The molecule has 1 heterocycles. The number of piperazine rings is 1. The summed E-state index contributed by atoms with van der Waals surface area (Å²) >= 11 is 0. The van der Waals surface area contributed by atoms with Gasteiger partial charge in [-0.05, 0) is 44.4 Å². The zero-order valence-corrected chi connectivity index (χ0v) is 12.9. The number of hydrogen-bond donors (Lipinski definition) is 1. The quantitative estimate of drug-likeness (QED) is 0.807. The van der Waals surface area contributed by atoms with Gasteiger partial charge in [-0.2, -0.15) is 0 Å². The predicted octanol–water partition coefficient (Wildman–Crippen LogP) is 2.25. The van der Waals surface area contributed by atoms with Crippen LogP contribution in [0.3, 0.4) is 0 Å². The monoisotopic (exact) mass is 290 g/mol.